The SMILES string of the molecule is COC(=O)Cn1c(=NC(=O)c2cccc(C)c2)sc2cc(C(=O)OC)ccc21. The minimum atomic E-state index is -0.471. The number of thiazole rings is 1. The van der Waals surface area contributed by atoms with Crippen LogP contribution in [0, 0.1) is 6.92 Å². The van der Waals surface area contributed by atoms with E-state index in [0.29, 0.717) is 26.1 Å². The van der Waals surface area contributed by atoms with Crippen molar-refractivity contribution in [2.75, 3.05) is 14.2 Å². The van der Waals surface area contributed by atoms with E-state index in [2.05, 4.69) is 4.99 Å². The second-order valence-corrected chi connectivity index (χ2v) is 7.02. The van der Waals surface area contributed by atoms with E-state index in [9.17, 15) is 14.4 Å². The lowest BCUT2D eigenvalue weighted by Crippen LogP contribution is -2.22. The van der Waals surface area contributed by atoms with Crippen LogP contribution in [0.1, 0.15) is 26.3 Å². The van der Waals surface area contributed by atoms with Gasteiger partial charge in [-0.2, -0.15) is 4.99 Å². The van der Waals surface area contributed by atoms with Gasteiger partial charge in [-0.1, -0.05) is 29.0 Å². The Hall–Kier alpha value is -3.26. The minimum absolute atomic E-state index is 0.103. The highest BCUT2D eigenvalue weighted by atomic mass is 32.1. The van der Waals surface area contributed by atoms with Gasteiger partial charge in [-0.25, -0.2) is 4.79 Å². The van der Waals surface area contributed by atoms with Crippen molar-refractivity contribution >= 4 is 39.4 Å². The average Bonchev–Trinajstić information content (AvgIpc) is 3.03. The number of ether oxygens (including phenoxy) is 2. The molecule has 8 heteroatoms. The molecule has 0 aliphatic carbocycles. The van der Waals surface area contributed by atoms with Crippen LogP contribution in [0.15, 0.2) is 47.5 Å². The number of aryl methyl sites for hydroxylation is 1. The van der Waals surface area contributed by atoms with Crippen molar-refractivity contribution in [2.24, 2.45) is 4.99 Å². The topological polar surface area (TPSA) is 87.0 Å². The first-order chi connectivity index (χ1) is 13.4. The Kier molecular flexibility index (Phi) is 5.70. The predicted molar refractivity (Wildman–Crippen MR) is 104 cm³/mol. The number of rotatable bonds is 4. The second-order valence-electron chi connectivity index (χ2n) is 6.01. The molecule has 0 bridgehead atoms. The summed E-state index contributed by atoms with van der Waals surface area (Å²) in [4.78, 5) is 40.8. The van der Waals surface area contributed by atoms with E-state index in [1.807, 2.05) is 13.0 Å². The number of carbonyl (C=O) groups is 3. The van der Waals surface area contributed by atoms with Crippen LogP contribution in [0.4, 0.5) is 0 Å². The highest BCUT2D eigenvalue weighted by Crippen LogP contribution is 2.20. The first-order valence-corrected chi connectivity index (χ1v) is 9.19. The van der Waals surface area contributed by atoms with Crippen molar-refractivity contribution in [1.29, 1.82) is 0 Å². The molecule has 0 saturated heterocycles. The van der Waals surface area contributed by atoms with Crippen molar-refractivity contribution in [1.82, 2.24) is 4.57 Å². The average molecular weight is 398 g/mol. The Morgan fingerprint density at radius 1 is 1.04 bits per heavy atom. The summed E-state index contributed by atoms with van der Waals surface area (Å²) in [5.74, 6) is -1.35. The Morgan fingerprint density at radius 3 is 2.50 bits per heavy atom. The number of hydrogen-bond donors (Lipinski definition) is 0. The molecular formula is C20H18N2O5S. The van der Waals surface area contributed by atoms with Crippen LogP contribution >= 0.6 is 11.3 Å². The van der Waals surface area contributed by atoms with Crippen molar-refractivity contribution in [3.8, 4) is 0 Å². The van der Waals surface area contributed by atoms with E-state index in [1.165, 1.54) is 25.6 Å². The maximum absolute atomic E-state index is 12.6. The fourth-order valence-electron chi connectivity index (χ4n) is 2.68. The van der Waals surface area contributed by atoms with Gasteiger partial charge in [0.2, 0.25) is 0 Å². The fourth-order valence-corrected chi connectivity index (χ4v) is 3.75. The van der Waals surface area contributed by atoms with E-state index in [0.717, 1.165) is 5.56 Å². The van der Waals surface area contributed by atoms with E-state index in [1.54, 1.807) is 41.0 Å². The number of benzene rings is 2. The van der Waals surface area contributed by atoms with E-state index < -0.39 is 17.8 Å². The molecule has 2 aromatic carbocycles. The number of nitrogens with zero attached hydrogens (tertiary/aromatic N) is 2. The number of carbonyl (C=O) groups excluding carboxylic acids is 3. The molecule has 7 nitrogen and oxygen atoms in total. The lowest BCUT2D eigenvalue weighted by molar-refractivity contribution is -0.141. The van der Waals surface area contributed by atoms with Crippen LogP contribution in [0.2, 0.25) is 0 Å². The highest BCUT2D eigenvalue weighted by molar-refractivity contribution is 7.16. The van der Waals surface area contributed by atoms with Gasteiger partial charge in [0.05, 0.1) is 30.0 Å². The van der Waals surface area contributed by atoms with Crippen molar-refractivity contribution in [3.63, 3.8) is 0 Å². The summed E-state index contributed by atoms with van der Waals surface area (Å²) in [5, 5.41) is 0. The van der Waals surface area contributed by atoms with Crippen LogP contribution in [0.25, 0.3) is 10.2 Å². The van der Waals surface area contributed by atoms with Crippen molar-refractivity contribution in [2.45, 2.75) is 13.5 Å². The Bertz CT molecular complexity index is 1140. The smallest absolute Gasteiger partial charge is 0.337 e. The van der Waals surface area contributed by atoms with Gasteiger partial charge in [-0.15, -0.1) is 0 Å². The molecule has 1 aromatic heterocycles. The fraction of sp³-hybridized carbons (Fsp3) is 0.200. The summed E-state index contributed by atoms with van der Waals surface area (Å²) in [6, 6.07) is 12.1. The molecule has 0 atom stereocenters. The molecular weight excluding hydrogens is 380 g/mol. The summed E-state index contributed by atoms with van der Waals surface area (Å²) in [5.41, 5.74) is 2.44. The lowest BCUT2D eigenvalue weighted by atomic mass is 10.1. The molecule has 0 aliphatic rings. The van der Waals surface area contributed by atoms with Crippen LogP contribution in [0.5, 0.6) is 0 Å². The number of amides is 1. The number of hydrogen-bond acceptors (Lipinski definition) is 6. The van der Waals surface area contributed by atoms with Crippen LogP contribution in [0.3, 0.4) is 0 Å². The molecule has 1 heterocycles. The van der Waals surface area contributed by atoms with E-state index in [4.69, 9.17) is 9.47 Å². The molecule has 3 aromatic rings. The molecule has 0 unspecified atom stereocenters. The largest absolute Gasteiger partial charge is 0.468 e. The van der Waals surface area contributed by atoms with Gasteiger partial charge >= 0.3 is 11.9 Å². The monoisotopic (exact) mass is 398 g/mol. The molecule has 0 saturated carbocycles. The van der Waals surface area contributed by atoms with Gasteiger partial charge in [0, 0.05) is 5.56 Å². The molecule has 28 heavy (non-hydrogen) atoms. The van der Waals surface area contributed by atoms with Crippen LogP contribution in [-0.4, -0.2) is 36.6 Å². The van der Waals surface area contributed by atoms with E-state index >= 15 is 0 Å². The second kappa shape index (κ2) is 8.18. The predicted octanol–water partition coefficient (Wildman–Crippen LogP) is 2.71. The number of esters is 2. The third-order valence-corrected chi connectivity index (χ3v) is 5.12. The summed E-state index contributed by atoms with van der Waals surface area (Å²) < 4.78 is 11.8. The van der Waals surface area contributed by atoms with Crippen molar-refractivity contribution in [3.05, 3.63) is 64.0 Å². The standard InChI is InChI=1S/C20H18N2O5S/c1-12-5-4-6-13(9-12)18(24)21-20-22(11-17(23)26-2)15-8-7-14(19(25)27-3)10-16(15)28-20/h4-10H,11H2,1-3H3. The molecule has 0 N–H and O–H groups in total. The summed E-state index contributed by atoms with van der Waals surface area (Å²) >= 11 is 1.21. The molecule has 1 amide bonds. The van der Waals surface area contributed by atoms with Gasteiger partial charge in [-0.3, -0.25) is 9.59 Å². The zero-order chi connectivity index (χ0) is 20.3. The van der Waals surface area contributed by atoms with E-state index in [-0.39, 0.29) is 6.54 Å². The highest BCUT2D eigenvalue weighted by Gasteiger charge is 2.15. The quantitative estimate of drug-likeness (QED) is 0.631. The van der Waals surface area contributed by atoms with Gasteiger partial charge in [0.25, 0.3) is 5.91 Å². The summed E-state index contributed by atoms with van der Waals surface area (Å²) in [7, 11) is 2.60. The van der Waals surface area contributed by atoms with Gasteiger partial charge < -0.3 is 14.0 Å². The normalized spacial score (nSPS) is 11.5. The molecule has 0 radical (unpaired) electrons. The molecule has 0 fully saturated rings. The summed E-state index contributed by atoms with van der Waals surface area (Å²) in [6.45, 7) is 1.79. The maximum Gasteiger partial charge on any atom is 0.337 e. The third kappa shape index (κ3) is 4.01. The molecule has 3 rings (SSSR count). The third-order valence-electron chi connectivity index (χ3n) is 4.08. The molecule has 0 aliphatic heterocycles. The van der Waals surface area contributed by atoms with Gasteiger partial charge in [-0.05, 0) is 37.3 Å². The maximum atomic E-state index is 12.6. The number of fused-ring (bicyclic) bond motifs is 1. The molecule has 0 spiro atoms. The Labute approximate surface area is 164 Å². The number of aromatic nitrogens is 1. The first kappa shape index (κ1) is 19.5. The first-order valence-electron chi connectivity index (χ1n) is 8.37. The zero-order valence-corrected chi connectivity index (χ0v) is 16.4. The molecule has 144 valence electrons. The van der Waals surface area contributed by atoms with Crippen LogP contribution < -0.4 is 4.80 Å². The van der Waals surface area contributed by atoms with Crippen LogP contribution in [-0.2, 0) is 20.8 Å². The lowest BCUT2D eigenvalue weighted by Gasteiger charge is -2.04. The zero-order valence-electron chi connectivity index (χ0n) is 15.6. The van der Waals surface area contributed by atoms with Gasteiger partial charge in [0.1, 0.15) is 6.54 Å². The number of methoxy groups -OCH3 is 2. The summed E-state index contributed by atoms with van der Waals surface area (Å²) in [6.07, 6.45) is 0. The van der Waals surface area contributed by atoms with Crippen molar-refractivity contribution < 1.29 is 23.9 Å². The minimum Gasteiger partial charge on any atom is -0.468 e. The van der Waals surface area contributed by atoms with Gasteiger partial charge in [0.15, 0.2) is 4.80 Å². The Balaban J connectivity index is 2.15. The Morgan fingerprint density at radius 2 is 1.82 bits per heavy atom.